The molecule has 1 unspecified atom stereocenters. The molecule has 0 aromatic heterocycles. The summed E-state index contributed by atoms with van der Waals surface area (Å²) in [7, 11) is 1.75. The van der Waals surface area contributed by atoms with Crippen molar-refractivity contribution >= 4 is 0 Å². The number of nitrogens with two attached hydrogens (primary N) is 1. The first-order valence-electron chi connectivity index (χ1n) is 7.09. The highest BCUT2D eigenvalue weighted by atomic mass is 16.5. The molecular weight excluding hydrogens is 222 g/mol. The van der Waals surface area contributed by atoms with Crippen LogP contribution in [0.4, 0.5) is 0 Å². The van der Waals surface area contributed by atoms with E-state index in [0.29, 0.717) is 5.92 Å². The average Bonchev–Trinajstić information content (AvgIpc) is 2.42. The molecule has 100 valence electrons. The number of benzene rings is 1. The quantitative estimate of drug-likeness (QED) is 0.883. The fourth-order valence-electron chi connectivity index (χ4n) is 3.23. The molecule has 2 N–H and O–H groups in total. The van der Waals surface area contributed by atoms with Crippen molar-refractivity contribution in [1.29, 1.82) is 0 Å². The van der Waals surface area contributed by atoms with E-state index in [0.717, 1.165) is 24.1 Å². The normalized spacial score (nSPS) is 25.7. The first-order chi connectivity index (χ1) is 8.76. The van der Waals surface area contributed by atoms with Crippen LogP contribution in [-0.2, 0) is 0 Å². The number of hydrogen-bond acceptors (Lipinski definition) is 2. The second kappa shape index (κ2) is 6.24. The van der Waals surface area contributed by atoms with Gasteiger partial charge in [0.1, 0.15) is 5.75 Å². The van der Waals surface area contributed by atoms with E-state index in [4.69, 9.17) is 10.5 Å². The molecule has 1 aliphatic rings. The van der Waals surface area contributed by atoms with Gasteiger partial charge in [0, 0.05) is 5.92 Å². The predicted octanol–water partition coefficient (Wildman–Crippen LogP) is 3.56. The highest BCUT2D eigenvalue weighted by molar-refractivity contribution is 5.37. The minimum Gasteiger partial charge on any atom is -0.496 e. The number of para-hydroxylation sites is 1. The van der Waals surface area contributed by atoms with Gasteiger partial charge in [-0.3, -0.25) is 0 Å². The van der Waals surface area contributed by atoms with Crippen molar-refractivity contribution in [2.45, 2.75) is 38.5 Å². The van der Waals surface area contributed by atoms with E-state index in [1.54, 1.807) is 7.11 Å². The summed E-state index contributed by atoms with van der Waals surface area (Å²) >= 11 is 0. The molecule has 1 atom stereocenters. The Bertz CT molecular complexity index is 369. The molecule has 1 aromatic carbocycles. The van der Waals surface area contributed by atoms with Gasteiger partial charge in [0.15, 0.2) is 0 Å². The molecule has 1 saturated carbocycles. The molecule has 0 bridgehead atoms. The summed E-state index contributed by atoms with van der Waals surface area (Å²) in [6.07, 6.45) is 5.30. The lowest BCUT2D eigenvalue weighted by molar-refractivity contribution is 0.252. The molecule has 2 nitrogen and oxygen atoms in total. The van der Waals surface area contributed by atoms with Crippen molar-refractivity contribution in [3.8, 4) is 5.75 Å². The van der Waals surface area contributed by atoms with E-state index < -0.39 is 0 Å². The van der Waals surface area contributed by atoms with Crippen molar-refractivity contribution in [2.24, 2.45) is 17.6 Å². The molecular formula is C16H25NO. The Morgan fingerprint density at radius 2 is 1.89 bits per heavy atom. The monoisotopic (exact) mass is 247 g/mol. The minimum atomic E-state index is 0.452. The molecule has 0 radical (unpaired) electrons. The van der Waals surface area contributed by atoms with Crippen LogP contribution in [-0.4, -0.2) is 13.7 Å². The van der Waals surface area contributed by atoms with Crippen LogP contribution in [0.3, 0.4) is 0 Å². The van der Waals surface area contributed by atoms with E-state index in [1.807, 2.05) is 12.1 Å². The van der Waals surface area contributed by atoms with Crippen molar-refractivity contribution in [3.63, 3.8) is 0 Å². The van der Waals surface area contributed by atoms with Crippen LogP contribution in [0.15, 0.2) is 24.3 Å². The largest absolute Gasteiger partial charge is 0.496 e. The number of hydrogen-bond donors (Lipinski definition) is 1. The van der Waals surface area contributed by atoms with Gasteiger partial charge in [-0.15, -0.1) is 0 Å². The molecule has 1 fully saturated rings. The van der Waals surface area contributed by atoms with Gasteiger partial charge in [-0.2, -0.15) is 0 Å². The lowest BCUT2D eigenvalue weighted by atomic mass is 9.74. The summed E-state index contributed by atoms with van der Waals surface area (Å²) in [6, 6.07) is 8.34. The second-order valence-electron chi connectivity index (χ2n) is 5.60. The zero-order valence-electron chi connectivity index (χ0n) is 11.6. The van der Waals surface area contributed by atoms with Crippen LogP contribution in [0.5, 0.6) is 5.75 Å². The molecule has 2 heteroatoms. The van der Waals surface area contributed by atoms with Gasteiger partial charge >= 0.3 is 0 Å². The SMILES string of the molecule is COc1ccccc1C(CN)C1CCC(C)CC1. The highest BCUT2D eigenvalue weighted by Gasteiger charge is 2.27. The summed E-state index contributed by atoms with van der Waals surface area (Å²) in [5.74, 6) is 3.06. The van der Waals surface area contributed by atoms with Gasteiger partial charge in [-0.1, -0.05) is 38.0 Å². The summed E-state index contributed by atoms with van der Waals surface area (Å²) in [6.45, 7) is 3.08. The molecule has 0 heterocycles. The lowest BCUT2D eigenvalue weighted by Crippen LogP contribution is -2.25. The number of rotatable bonds is 4. The Morgan fingerprint density at radius 1 is 1.22 bits per heavy atom. The lowest BCUT2D eigenvalue weighted by Gasteiger charge is -2.33. The van der Waals surface area contributed by atoms with E-state index in [1.165, 1.54) is 31.2 Å². The van der Waals surface area contributed by atoms with E-state index in [9.17, 15) is 0 Å². The maximum Gasteiger partial charge on any atom is 0.122 e. The first-order valence-corrected chi connectivity index (χ1v) is 7.09. The molecule has 18 heavy (non-hydrogen) atoms. The first kappa shape index (κ1) is 13.4. The zero-order valence-corrected chi connectivity index (χ0v) is 11.6. The Kier molecular flexibility index (Phi) is 4.65. The van der Waals surface area contributed by atoms with Gasteiger partial charge in [0.05, 0.1) is 7.11 Å². The Morgan fingerprint density at radius 3 is 2.50 bits per heavy atom. The minimum absolute atomic E-state index is 0.452. The average molecular weight is 247 g/mol. The fraction of sp³-hybridized carbons (Fsp3) is 0.625. The topological polar surface area (TPSA) is 35.2 Å². The van der Waals surface area contributed by atoms with E-state index in [2.05, 4.69) is 19.1 Å². The third kappa shape index (κ3) is 2.86. The van der Waals surface area contributed by atoms with Gasteiger partial charge in [0.25, 0.3) is 0 Å². The maximum atomic E-state index is 6.04. The fourth-order valence-corrected chi connectivity index (χ4v) is 3.23. The van der Waals surface area contributed by atoms with Crippen LogP contribution < -0.4 is 10.5 Å². The smallest absolute Gasteiger partial charge is 0.122 e. The Balaban J connectivity index is 2.17. The highest BCUT2D eigenvalue weighted by Crippen LogP contribution is 2.40. The summed E-state index contributed by atoms with van der Waals surface area (Å²) < 4.78 is 5.48. The van der Waals surface area contributed by atoms with Gasteiger partial charge in [-0.05, 0) is 42.9 Å². The van der Waals surface area contributed by atoms with Crippen LogP contribution in [0.25, 0.3) is 0 Å². The van der Waals surface area contributed by atoms with Crippen LogP contribution >= 0.6 is 0 Å². The zero-order chi connectivity index (χ0) is 13.0. The molecule has 2 rings (SSSR count). The maximum absolute atomic E-state index is 6.04. The Hall–Kier alpha value is -1.02. The third-order valence-corrected chi connectivity index (χ3v) is 4.42. The van der Waals surface area contributed by atoms with E-state index in [-0.39, 0.29) is 0 Å². The molecule has 1 aromatic rings. The molecule has 0 spiro atoms. The van der Waals surface area contributed by atoms with Crippen molar-refractivity contribution in [1.82, 2.24) is 0 Å². The van der Waals surface area contributed by atoms with Crippen molar-refractivity contribution < 1.29 is 4.74 Å². The number of ether oxygens (including phenoxy) is 1. The van der Waals surface area contributed by atoms with Crippen molar-refractivity contribution in [3.05, 3.63) is 29.8 Å². The van der Waals surface area contributed by atoms with Crippen LogP contribution in [0.1, 0.15) is 44.1 Å². The summed E-state index contributed by atoms with van der Waals surface area (Å²) in [5.41, 5.74) is 7.33. The molecule has 0 saturated heterocycles. The summed E-state index contributed by atoms with van der Waals surface area (Å²) in [4.78, 5) is 0. The molecule has 1 aliphatic carbocycles. The summed E-state index contributed by atoms with van der Waals surface area (Å²) in [5, 5.41) is 0. The van der Waals surface area contributed by atoms with Gasteiger partial charge < -0.3 is 10.5 Å². The molecule has 0 aliphatic heterocycles. The second-order valence-corrected chi connectivity index (χ2v) is 5.60. The predicted molar refractivity (Wildman–Crippen MR) is 75.9 cm³/mol. The van der Waals surface area contributed by atoms with Crippen LogP contribution in [0, 0.1) is 11.8 Å². The van der Waals surface area contributed by atoms with Gasteiger partial charge in [-0.25, -0.2) is 0 Å². The standard InChI is InChI=1S/C16H25NO/c1-12-7-9-13(10-8-12)15(11-17)14-5-3-4-6-16(14)18-2/h3-6,12-13,15H,7-11,17H2,1-2H3. The van der Waals surface area contributed by atoms with Crippen molar-refractivity contribution in [2.75, 3.05) is 13.7 Å². The van der Waals surface area contributed by atoms with Gasteiger partial charge in [0.2, 0.25) is 0 Å². The molecule has 0 amide bonds. The number of methoxy groups -OCH3 is 1. The Labute approximate surface area is 111 Å². The van der Waals surface area contributed by atoms with E-state index >= 15 is 0 Å². The third-order valence-electron chi connectivity index (χ3n) is 4.42. The van der Waals surface area contributed by atoms with Crippen LogP contribution in [0.2, 0.25) is 0 Å².